The van der Waals surface area contributed by atoms with Crippen LogP contribution in [0, 0.1) is 5.92 Å². The number of hydrogen-bond donors (Lipinski definition) is 1. The molecule has 94 valence electrons. The van der Waals surface area contributed by atoms with Gasteiger partial charge in [0.1, 0.15) is 5.75 Å². The average molecular weight is 233 g/mol. The third-order valence-electron chi connectivity index (χ3n) is 3.60. The first-order valence-electron chi connectivity index (χ1n) is 6.56. The molecule has 0 amide bonds. The van der Waals surface area contributed by atoms with Crippen molar-refractivity contribution in [1.29, 1.82) is 0 Å². The van der Waals surface area contributed by atoms with Crippen LogP contribution in [0.2, 0.25) is 0 Å². The zero-order chi connectivity index (χ0) is 12.5. The lowest BCUT2D eigenvalue weighted by Gasteiger charge is -2.25. The molecule has 17 heavy (non-hydrogen) atoms. The van der Waals surface area contributed by atoms with Crippen LogP contribution < -0.4 is 10.5 Å². The van der Waals surface area contributed by atoms with Gasteiger partial charge in [-0.2, -0.15) is 0 Å². The van der Waals surface area contributed by atoms with Crippen molar-refractivity contribution in [2.24, 2.45) is 11.7 Å². The van der Waals surface area contributed by atoms with Crippen molar-refractivity contribution in [3.8, 4) is 5.75 Å². The van der Waals surface area contributed by atoms with E-state index in [0.717, 1.165) is 24.5 Å². The highest BCUT2D eigenvalue weighted by Gasteiger charge is 2.34. The predicted molar refractivity (Wildman–Crippen MR) is 71.1 cm³/mol. The maximum absolute atomic E-state index is 6.48. The number of benzene rings is 1. The van der Waals surface area contributed by atoms with Crippen molar-refractivity contribution in [3.63, 3.8) is 0 Å². The second-order valence-electron chi connectivity index (χ2n) is 5.70. The normalized spacial score (nSPS) is 28.6. The number of rotatable bonds is 3. The molecule has 2 N–H and O–H groups in total. The van der Waals surface area contributed by atoms with Gasteiger partial charge in [-0.15, -0.1) is 0 Å². The van der Waals surface area contributed by atoms with Crippen molar-refractivity contribution < 1.29 is 4.74 Å². The van der Waals surface area contributed by atoms with Crippen LogP contribution >= 0.6 is 0 Å². The largest absolute Gasteiger partial charge is 0.491 e. The molecular weight excluding hydrogens is 210 g/mol. The van der Waals surface area contributed by atoms with Gasteiger partial charge in [0.15, 0.2) is 0 Å². The van der Waals surface area contributed by atoms with E-state index in [9.17, 15) is 0 Å². The van der Waals surface area contributed by atoms with E-state index in [2.05, 4.69) is 19.1 Å². The molecule has 1 fully saturated rings. The molecule has 1 saturated carbocycles. The topological polar surface area (TPSA) is 35.2 Å². The van der Waals surface area contributed by atoms with Gasteiger partial charge in [-0.1, -0.05) is 19.1 Å². The summed E-state index contributed by atoms with van der Waals surface area (Å²) in [5, 5.41) is 0. The van der Waals surface area contributed by atoms with Gasteiger partial charge in [-0.05, 0) is 56.7 Å². The van der Waals surface area contributed by atoms with Crippen LogP contribution in [0.15, 0.2) is 24.3 Å². The summed E-state index contributed by atoms with van der Waals surface area (Å²) in [6.45, 7) is 6.36. The zero-order valence-corrected chi connectivity index (χ0v) is 11.1. The van der Waals surface area contributed by atoms with Crippen LogP contribution in [0.3, 0.4) is 0 Å². The fourth-order valence-corrected chi connectivity index (χ4v) is 2.73. The van der Waals surface area contributed by atoms with Gasteiger partial charge >= 0.3 is 0 Å². The molecule has 2 atom stereocenters. The molecule has 1 aliphatic carbocycles. The van der Waals surface area contributed by atoms with Gasteiger partial charge in [0.25, 0.3) is 0 Å². The molecule has 0 saturated heterocycles. The summed E-state index contributed by atoms with van der Waals surface area (Å²) in [4.78, 5) is 0. The minimum absolute atomic E-state index is 0.115. The zero-order valence-electron chi connectivity index (χ0n) is 11.1. The van der Waals surface area contributed by atoms with E-state index < -0.39 is 0 Å². The van der Waals surface area contributed by atoms with Gasteiger partial charge < -0.3 is 10.5 Å². The summed E-state index contributed by atoms with van der Waals surface area (Å²) < 4.78 is 5.65. The lowest BCUT2D eigenvalue weighted by Crippen LogP contribution is -2.33. The molecule has 0 spiro atoms. The van der Waals surface area contributed by atoms with Crippen molar-refractivity contribution in [2.75, 3.05) is 0 Å². The minimum atomic E-state index is -0.115. The molecule has 1 aliphatic rings. The molecule has 0 heterocycles. The van der Waals surface area contributed by atoms with Gasteiger partial charge in [-0.3, -0.25) is 0 Å². The highest BCUT2D eigenvalue weighted by atomic mass is 16.5. The van der Waals surface area contributed by atoms with Gasteiger partial charge in [-0.25, -0.2) is 0 Å². The second-order valence-corrected chi connectivity index (χ2v) is 5.70. The molecule has 0 aromatic heterocycles. The van der Waals surface area contributed by atoms with E-state index in [4.69, 9.17) is 10.5 Å². The Morgan fingerprint density at radius 3 is 2.41 bits per heavy atom. The first kappa shape index (κ1) is 12.4. The Balaban J connectivity index is 2.12. The Labute approximate surface area is 104 Å². The molecule has 0 aliphatic heterocycles. The average Bonchev–Trinajstić information content (AvgIpc) is 2.60. The van der Waals surface area contributed by atoms with Crippen LogP contribution in [0.4, 0.5) is 0 Å². The standard InChI is InChI=1S/C15H23NO/c1-11(2)17-14-6-4-13(5-7-14)15(16)9-8-12(3)10-15/h4-7,11-12H,8-10,16H2,1-3H3. The first-order valence-corrected chi connectivity index (χ1v) is 6.56. The van der Waals surface area contributed by atoms with Gasteiger partial charge in [0, 0.05) is 5.54 Å². The fraction of sp³-hybridized carbons (Fsp3) is 0.600. The predicted octanol–water partition coefficient (Wildman–Crippen LogP) is 3.45. The Hall–Kier alpha value is -1.02. The van der Waals surface area contributed by atoms with E-state index >= 15 is 0 Å². The van der Waals surface area contributed by atoms with E-state index in [0.29, 0.717) is 0 Å². The van der Waals surface area contributed by atoms with Crippen LogP contribution in [-0.2, 0) is 5.54 Å². The highest BCUT2D eigenvalue weighted by molar-refractivity contribution is 5.32. The SMILES string of the molecule is CC1CCC(N)(c2ccc(OC(C)C)cc2)C1. The van der Waals surface area contributed by atoms with E-state index in [-0.39, 0.29) is 11.6 Å². The van der Waals surface area contributed by atoms with Crippen LogP contribution in [0.25, 0.3) is 0 Å². The Morgan fingerprint density at radius 1 is 1.29 bits per heavy atom. The molecule has 1 aromatic rings. The molecule has 0 radical (unpaired) electrons. The third-order valence-corrected chi connectivity index (χ3v) is 3.60. The summed E-state index contributed by atoms with van der Waals surface area (Å²) >= 11 is 0. The summed E-state index contributed by atoms with van der Waals surface area (Å²) in [5.74, 6) is 1.67. The summed E-state index contributed by atoms with van der Waals surface area (Å²) in [6.07, 6.45) is 3.65. The van der Waals surface area contributed by atoms with E-state index in [1.807, 2.05) is 26.0 Å². The monoisotopic (exact) mass is 233 g/mol. The van der Waals surface area contributed by atoms with Gasteiger partial charge in [0.2, 0.25) is 0 Å². The van der Waals surface area contributed by atoms with E-state index in [1.54, 1.807) is 0 Å². The van der Waals surface area contributed by atoms with Gasteiger partial charge in [0.05, 0.1) is 6.10 Å². The lowest BCUT2D eigenvalue weighted by molar-refractivity contribution is 0.242. The number of nitrogens with two attached hydrogens (primary N) is 1. The van der Waals surface area contributed by atoms with Crippen molar-refractivity contribution in [1.82, 2.24) is 0 Å². The van der Waals surface area contributed by atoms with Crippen LogP contribution in [0.1, 0.15) is 45.6 Å². The molecule has 0 bridgehead atoms. The summed E-state index contributed by atoms with van der Waals surface area (Å²) in [6, 6.07) is 8.31. The maximum atomic E-state index is 6.48. The molecule has 2 unspecified atom stereocenters. The molecular formula is C15H23NO. The molecule has 2 nitrogen and oxygen atoms in total. The number of ether oxygens (including phenoxy) is 1. The first-order chi connectivity index (χ1) is 7.99. The summed E-state index contributed by atoms with van der Waals surface area (Å²) in [5.41, 5.74) is 7.61. The van der Waals surface area contributed by atoms with E-state index in [1.165, 1.54) is 12.0 Å². The second kappa shape index (κ2) is 4.69. The van der Waals surface area contributed by atoms with Crippen LogP contribution in [-0.4, -0.2) is 6.10 Å². The van der Waals surface area contributed by atoms with Crippen molar-refractivity contribution in [3.05, 3.63) is 29.8 Å². The summed E-state index contributed by atoms with van der Waals surface area (Å²) in [7, 11) is 0. The lowest BCUT2D eigenvalue weighted by atomic mass is 9.88. The quantitative estimate of drug-likeness (QED) is 0.868. The van der Waals surface area contributed by atoms with Crippen LogP contribution in [0.5, 0.6) is 5.75 Å². The van der Waals surface area contributed by atoms with Crippen molar-refractivity contribution in [2.45, 2.75) is 51.7 Å². The fourth-order valence-electron chi connectivity index (χ4n) is 2.73. The Morgan fingerprint density at radius 2 is 1.94 bits per heavy atom. The molecule has 2 rings (SSSR count). The minimum Gasteiger partial charge on any atom is -0.491 e. The highest BCUT2D eigenvalue weighted by Crippen LogP contribution is 2.40. The smallest absolute Gasteiger partial charge is 0.119 e. The molecule has 2 heteroatoms. The Kier molecular flexibility index (Phi) is 3.43. The maximum Gasteiger partial charge on any atom is 0.119 e. The third kappa shape index (κ3) is 2.81. The Bertz CT molecular complexity index is 371. The molecule has 1 aromatic carbocycles. The van der Waals surface area contributed by atoms with Crippen molar-refractivity contribution >= 4 is 0 Å². The number of hydrogen-bond acceptors (Lipinski definition) is 2.